The van der Waals surface area contributed by atoms with E-state index < -0.39 is 15.6 Å². The van der Waals surface area contributed by atoms with Gasteiger partial charge in [0.2, 0.25) is 10.0 Å². The second-order valence-electron chi connectivity index (χ2n) is 9.66. The summed E-state index contributed by atoms with van der Waals surface area (Å²) in [6.07, 6.45) is 1.53. The lowest BCUT2D eigenvalue weighted by atomic mass is 10.0. The molecule has 0 saturated carbocycles. The highest BCUT2D eigenvalue weighted by Gasteiger charge is 2.28. The number of para-hydroxylation sites is 1. The Morgan fingerprint density at radius 3 is 2.16 bits per heavy atom. The Bertz CT molecular complexity index is 1080. The molecule has 1 saturated heterocycles. The van der Waals surface area contributed by atoms with E-state index >= 15 is 0 Å². The topological polar surface area (TPSA) is 75.7 Å². The molecule has 3 rings (SSSR count). The van der Waals surface area contributed by atoms with Crippen LogP contribution >= 0.6 is 0 Å². The van der Waals surface area contributed by atoms with Crippen LogP contribution in [0.5, 0.6) is 5.75 Å². The minimum atomic E-state index is -3.71. The number of hydrogen-bond donors (Lipinski definition) is 1. The average molecular weight is 459 g/mol. The first kappa shape index (κ1) is 24.3. The predicted octanol–water partition coefficient (Wildman–Crippen LogP) is 4.37. The maximum Gasteiger partial charge on any atom is 0.254 e. The van der Waals surface area contributed by atoms with Gasteiger partial charge in [0.1, 0.15) is 11.9 Å². The van der Waals surface area contributed by atoms with Crippen LogP contribution in [-0.4, -0.2) is 44.0 Å². The van der Waals surface area contributed by atoms with Gasteiger partial charge in [0.05, 0.1) is 4.90 Å². The highest BCUT2D eigenvalue weighted by molar-refractivity contribution is 7.89. The summed E-state index contributed by atoms with van der Waals surface area (Å²) in [5, 5.41) is 0. The van der Waals surface area contributed by atoms with Crippen molar-refractivity contribution in [1.82, 2.24) is 9.62 Å². The molecular formula is C25H34N2O4S. The van der Waals surface area contributed by atoms with Crippen LogP contribution in [-0.2, 0) is 10.0 Å². The summed E-state index contributed by atoms with van der Waals surface area (Å²) in [7, 11) is -3.71. The number of amides is 1. The third-order valence-electron chi connectivity index (χ3n) is 5.61. The summed E-state index contributed by atoms with van der Waals surface area (Å²) in [5.41, 5.74) is 2.81. The van der Waals surface area contributed by atoms with Gasteiger partial charge >= 0.3 is 0 Å². The molecule has 2 aromatic rings. The summed E-state index contributed by atoms with van der Waals surface area (Å²) in [4.78, 5) is 15.1. The Morgan fingerprint density at radius 1 is 1.00 bits per heavy atom. The summed E-state index contributed by atoms with van der Waals surface area (Å²) in [6.45, 7) is 12.4. The molecule has 0 atom stereocenters. The van der Waals surface area contributed by atoms with Crippen molar-refractivity contribution in [3.05, 3.63) is 58.7 Å². The van der Waals surface area contributed by atoms with Crippen molar-refractivity contribution in [3.63, 3.8) is 0 Å². The van der Waals surface area contributed by atoms with Crippen LogP contribution in [0.15, 0.2) is 41.3 Å². The molecule has 1 amide bonds. The number of nitrogens with one attached hydrogen (secondary N) is 1. The average Bonchev–Trinajstić information content (AvgIpc) is 2.69. The lowest BCUT2D eigenvalue weighted by Crippen LogP contribution is -2.42. The maximum absolute atomic E-state index is 13.2. The first-order valence-electron chi connectivity index (χ1n) is 11.0. The molecule has 32 heavy (non-hydrogen) atoms. The number of aryl methyl sites for hydroxylation is 3. The van der Waals surface area contributed by atoms with Crippen LogP contribution in [0.25, 0.3) is 0 Å². The van der Waals surface area contributed by atoms with Gasteiger partial charge < -0.3 is 9.64 Å². The van der Waals surface area contributed by atoms with E-state index in [1.54, 1.807) is 37.8 Å². The second-order valence-corrected chi connectivity index (χ2v) is 11.3. The molecule has 0 spiro atoms. The molecule has 0 aromatic heterocycles. The summed E-state index contributed by atoms with van der Waals surface area (Å²) in [5.74, 6) is 0.790. The van der Waals surface area contributed by atoms with Gasteiger partial charge in [-0.05, 0) is 70.4 Å². The van der Waals surface area contributed by atoms with E-state index in [1.807, 2.05) is 39.0 Å². The number of carbonyl (C=O) groups is 1. The highest BCUT2D eigenvalue weighted by atomic mass is 32.2. The van der Waals surface area contributed by atoms with E-state index in [2.05, 4.69) is 4.72 Å². The van der Waals surface area contributed by atoms with Crippen LogP contribution in [0.1, 0.15) is 60.7 Å². The SMILES string of the molecule is Cc1ccc(S(=O)(=O)NC(C)(C)C)cc1C(=O)N1CCC(Oc2c(C)cccc2C)CC1. The van der Waals surface area contributed by atoms with Crippen molar-refractivity contribution in [2.75, 3.05) is 13.1 Å². The van der Waals surface area contributed by atoms with E-state index in [1.165, 1.54) is 6.07 Å². The Morgan fingerprint density at radius 2 is 1.59 bits per heavy atom. The number of sulfonamides is 1. The fourth-order valence-corrected chi connectivity index (χ4v) is 5.40. The first-order valence-corrected chi connectivity index (χ1v) is 12.5. The molecule has 2 aromatic carbocycles. The zero-order valence-electron chi connectivity index (χ0n) is 19.9. The normalized spacial score (nSPS) is 15.6. The van der Waals surface area contributed by atoms with E-state index in [-0.39, 0.29) is 16.9 Å². The van der Waals surface area contributed by atoms with Crippen molar-refractivity contribution in [3.8, 4) is 5.75 Å². The Balaban J connectivity index is 1.71. The number of likely N-dealkylation sites (tertiary alicyclic amines) is 1. The molecule has 0 radical (unpaired) electrons. The van der Waals surface area contributed by atoms with Gasteiger partial charge in [-0.3, -0.25) is 4.79 Å². The molecule has 1 heterocycles. The third-order valence-corrected chi connectivity index (χ3v) is 7.37. The summed E-state index contributed by atoms with van der Waals surface area (Å²) < 4.78 is 34.4. The van der Waals surface area contributed by atoms with Gasteiger partial charge in [0, 0.05) is 37.0 Å². The van der Waals surface area contributed by atoms with Gasteiger partial charge in [0.25, 0.3) is 5.91 Å². The van der Waals surface area contributed by atoms with Gasteiger partial charge in [-0.15, -0.1) is 0 Å². The molecule has 0 unspecified atom stereocenters. The quantitative estimate of drug-likeness (QED) is 0.722. The molecule has 1 fully saturated rings. The standard InChI is InChI=1S/C25H34N2O4S/c1-17-10-11-21(32(29,30)26-25(4,5)6)16-22(17)24(28)27-14-12-20(13-15-27)31-23-18(2)8-7-9-19(23)3/h7-11,16,20,26H,12-15H2,1-6H3. The van der Waals surface area contributed by atoms with Gasteiger partial charge in [0.15, 0.2) is 0 Å². The zero-order chi connectivity index (χ0) is 23.7. The lowest BCUT2D eigenvalue weighted by molar-refractivity contribution is 0.0592. The number of nitrogens with zero attached hydrogens (tertiary/aromatic N) is 1. The van der Waals surface area contributed by atoms with Crippen LogP contribution in [0, 0.1) is 20.8 Å². The highest BCUT2D eigenvalue weighted by Crippen LogP contribution is 2.27. The lowest BCUT2D eigenvalue weighted by Gasteiger charge is -2.33. The number of piperidine rings is 1. The van der Waals surface area contributed by atoms with E-state index in [0.29, 0.717) is 18.7 Å². The predicted molar refractivity (Wildman–Crippen MR) is 127 cm³/mol. The fraction of sp³-hybridized carbons (Fsp3) is 0.480. The second kappa shape index (κ2) is 9.24. The largest absolute Gasteiger partial charge is 0.490 e. The molecule has 174 valence electrons. The number of carbonyl (C=O) groups excluding carboxylic acids is 1. The Kier molecular flexibility index (Phi) is 7.00. The number of hydrogen-bond acceptors (Lipinski definition) is 4. The minimum absolute atomic E-state index is 0.0580. The molecule has 0 bridgehead atoms. The van der Waals surface area contributed by atoms with Crippen molar-refractivity contribution in [2.24, 2.45) is 0 Å². The first-order chi connectivity index (χ1) is 14.9. The number of ether oxygens (including phenoxy) is 1. The third kappa shape index (κ3) is 5.70. The Hall–Kier alpha value is -2.38. The van der Waals surface area contributed by atoms with Crippen LogP contribution in [0.4, 0.5) is 0 Å². The zero-order valence-corrected chi connectivity index (χ0v) is 20.7. The fourth-order valence-electron chi connectivity index (χ4n) is 3.96. The maximum atomic E-state index is 13.2. The van der Waals surface area contributed by atoms with Gasteiger partial charge in [-0.25, -0.2) is 13.1 Å². The smallest absolute Gasteiger partial charge is 0.254 e. The van der Waals surface area contributed by atoms with Gasteiger partial charge in [-0.1, -0.05) is 24.3 Å². The van der Waals surface area contributed by atoms with Gasteiger partial charge in [-0.2, -0.15) is 0 Å². The molecule has 6 nitrogen and oxygen atoms in total. The molecular weight excluding hydrogens is 424 g/mol. The summed E-state index contributed by atoms with van der Waals surface area (Å²) >= 11 is 0. The van der Waals surface area contributed by atoms with Crippen molar-refractivity contribution in [1.29, 1.82) is 0 Å². The summed E-state index contributed by atoms with van der Waals surface area (Å²) in [6, 6.07) is 10.8. The van der Waals surface area contributed by atoms with Crippen molar-refractivity contribution < 1.29 is 17.9 Å². The number of rotatable bonds is 5. The molecule has 1 aliphatic heterocycles. The van der Waals surface area contributed by atoms with Crippen molar-refractivity contribution in [2.45, 2.75) is 70.9 Å². The van der Waals surface area contributed by atoms with Crippen LogP contribution < -0.4 is 9.46 Å². The van der Waals surface area contributed by atoms with E-state index in [4.69, 9.17) is 4.74 Å². The Labute approximate surface area is 192 Å². The van der Waals surface area contributed by atoms with E-state index in [9.17, 15) is 13.2 Å². The van der Waals surface area contributed by atoms with Crippen molar-refractivity contribution >= 4 is 15.9 Å². The van der Waals surface area contributed by atoms with Crippen LogP contribution in [0.2, 0.25) is 0 Å². The molecule has 1 aliphatic rings. The van der Waals surface area contributed by atoms with E-state index in [0.717, 1.165) is 35.3 Å². The monoisotopic (exact) mass is 458 g/mol. The molecule has 1 N–H and O–H groups in total. The molecule has 0 aliphatic carbocycles. The number of benzene rings is 2. The van der Waals surface area contributed by atoms with Crippen LogP contribution in [0.3, 0.4) is 0 Å². The minimum Gasteiger partial charge on any atom is -0.490 e. The molecule has 7 heteroatoms.